The number of amides is 3. The highest BCUT2D eigenvalue weighted by molar-refractivity contribution is 6.06. The van der Waals surface area contributed by atoms with Gasteiger partial charge in [-0.05, 0) is 13.8 Å². The van der Waals surface area contributed by atoms with Gasteiger partial charge < -0.3 is 10.2 Å². The summed E-state index contributed by atoms with van der Waals surface area (Å²) < 4.78 is 0. The minimum absolute atomic E-state index is 0.124. The van der Waals surface area contributed by atoms with E-state index in [1.54, 1.807) is 13.8 Å². The second kappa shape index (κ2) is 4.18. The van der Waals surface area contributed by atoms with Crippen LogP contribution < -0.4 is 10.2 Å². The Balaban J connectivity index is 2.49. The quantitative estimate of drug-likeness (QED) is 0.581. The van der Waals surface area contributed by atoms with Gasteiger partial charge in [0, 0.05) is 13.0 Å². The van der Waals surface area contributed by atoms with Gasteiger partial charge in [0.2, 0.25) is 0 Å². The summed E-state index contributed by atoms with van der Waals surface area (Å²) in [5.74, 6) is -0.124. The molecule has 0 atom stereocenters. The fourth-order valence-electron chi connectivity index (χ4n) is 1.61. The van der Waals surface area contributed by atoms with Gasteiger partial charge in [0.25, 0.3) is 5.91 Å². The fourth-order valence-corrected chi connectivity index (χ4v) is 1.61. The Bertz CT molecular complexity index is 274. The van der Waals surface area contributed by atoms with E-state index in [-0.39, 0.29) is 11.9 Å². The number of carbonyl (C=O) groups is 2. The lowest BCUT2D eigenvalue weighted by Crippen LogP contribution is -3.05. The third-order valence-corrected chi connectivity index (χ3v) is 2.50. The highest BCUT2D eigenvalue weighted by Gasteiger charge is 2.43. The van der Waals surface area contributed by atoms with Crippen molar-refractivity contribution in [1.29, 1.82) is 0 Å². The van der Waals surface area contributed by atoms with E-state index < -0.39 is 5.54 Å². The number of quaternary nitrogens is 1. The van der Waals surface area contributed by atoms with Gasteiger partial charge in [0.05, 0.1) is 20.6 Å². The Morgan fingerprint density at radius 3 is 2.33 bits per heavy atom. The molecule has 0 bridgehead atoms. The average molecular weight is 214 g/mol. The number of hydrogen-bond acceptors (Lipinski definition) is 2. The van der Waals surface area contributed by atoms with Crippen LogP contribution >= 0.6 is 0 Å². The molecule has 2 N–H and O–H groups in total. The van der Waals surface area contributed by atoms with E-state index in [9.17, 15) is 9.59 Å². The normalized spacial score (nSPS) is 19.9. The predicted molar refractivity (Wildman–Crippen MR) is 56.6 cm³/mol. The molecular weight excluding hydrogens is 194 g/mol. The molecule has 0 spiro atoms. The highest BCUT2D eigenvalue weighted by atomic mass is 16.2. The van der Waals surface area contributed by atoms with Crippen LogP contribution in [0.4, 0.5) is 4.79 Å². The molecule has 3 amide bonds. The topological polar surface area (TPSA) is 53.9 Å². The van der Waals surface area contributed by atoms with Gasteiger partial charge in [-0.1, -0.05) is 0 Å². The maximum atomic E-state index is 11.7. The summed E-state index contributed by atoms with van der Waals surface area (Å²) in [5, 5.41) is 2.66. The lowest BCUT2D eigenvalue weighted by atomic mass is 10.1. The van der Waals surface area contributed by atoms with Crippen LogP contribution in [-0.4, -0.2) is 49.6 Å². The van der Waals surface area contributed by atoms with Crippen LogP contribution in [0.25, 0.3) is 0 Å². The lowest BCUT2D eigenvalue weighted by Gasteiger charge is -2.16. The van der Waals surface area contributed by atoms with E-state index in [0.29, 0.717) is 6.54 Å². The third kappa shape index (κ3) is 2.68. The minimum atomic E-state index is -0.734. The summed E-state index contributed by atoms with van der Waals surface area (Å²) in [6.07, 6.45) is 0.845. The summed E-state index contributed by atoms with van der Waals surface area (Å²) in [6, 6.07) is -0.265. The molecular formula is C10H20N3O2+. The molecule has 5 nitrogen and oxygen atoms in total. The third-order valence-electron chi connectivity index (χ3n) is 2.50. The van der Waals surface area contributed by atoms with Crippen LogP contribution in [-0.2, 0) is 4.79 Å². The zero-order valence-corrected chi connectivity index (χ0v) is 9.89. The lowest BCUT2D eigenvalue weighted by molar-refractivity contribution is -0.858. The first kappa shape index (κ1) is 12.0. The first-order chi connectivity index (χ1) is 6.84. The summed E-state index contributed by atoms with van der Waals surface area (Å²) >= 11 is 0. The van der Waals surface area contributed by atoms with E-state index >= 15 is 0 Å². The van der Waals surface area contributed by atoms with Gasteiger partial charge in [-0.15, -0.1) is 0 Å². The monoisotopic (exact) mass is 214 g/mol. The Morgan fingerprint density at radius 1 is 1.33 bits per heavy atom. The first-order valence-electron chi connectivity index (χ1n) is 5.28. The van der Waals surface area contributed by atoms with Gasteiger partial charge in [0.1, 0.15) is 5.54 Å². The van der Waals surface area contributed by atoms with Gasteiger partial charge in [0.15, 0.2) is 0 Å². The molecule has 0 aromatic rings. The zero-order chi connectivity index (χ0) is 11.6. The van der Waals surface area contributed by atoms with Crippen molar-refractivity contribution in [1.82, 2.24) is 10.2 Å². The van der Waals surface area contributed by atoms with Crippen molar-refractivity contribution in [3.05, 3.63) is 0 Å². The van der Waals surface area contributed by atoms with E-state index in [1.165, 1.54) is 9.80 Å². The molecule has 1 fully saturated rings. The number of nitrogens with one attached hydrogen (secondary N) is 2. The standard InChI is InChI=1S/C10H19N3O2/c1-10(2)8(14)13(9(15)11-10)7-5-6-12(3)4/h5-7H2,1-4H3,(H,11,15)/p+1. The fraction of sp³-hybridized carbons (Fsp3) is 0.800. The van der Waals surface area contributed by atoms with Crippen LogP contribution in [0, 0.1) is 0 Å². The Hall–Kier alpha value is -1.10. The van der Waals surface area contributed by atoms with Crippen molar-refractivity contribution < 1.29 is 14.5 Å². The molecule has 0 aliphatic carbocycles. The molecule has 1 rings (SSSR count). The summed E-state index contributed by atoms with van der Waals surface area (Å²) in [6.45, 7) is 4.92. The van der Waals surface area contributed by atoms with Crippen molar-refractivity contribution in [2.24, 2.45) is 0 Å². The number of rotatable bonds is 4. The van der Waals surface area contributed by atoms with Gasteiger partial charge >= 0.3 is 6.03 Å². The molecule has 0 radical (unpaired) electrons. The van der Waals surface area contributed by atoms with Gasteiger partial charge in [-0.25, -0.2) is 4.79 Å². The summed E-state index contributed by atoms with van der Waals surface area (Å²) in [4.78, 5) is 25.8. The molecule has 1 aliphatic rings. The molecule has 0 aromatic heterocycles. The smallest absolute Gasteiger partial charge is 0.325 e. The molecule has 1 saturated heterocycles. The molecule has 1 aliphatic heterocycles. The number of carbonyl (C=O) groups excluding carboxylic acids is 2. The van der Waals surface area contributed by atoms with Crippen molar-refractivity contribution in [2.45, 2.75) is 25.8 Å². The molecule has 0 aromatic carbocycles. The van der Waals surface area contributed by atoms with E-state index in [1.807, 2.05) is 0 Å². The van der Waals surface area contributed by atoms with Crippen molar-refractivity contribution in [3.8, 4) is 0 Å². The van der Waals surface area contributed by atoms with Crippen molar-refractivity contribution >= 4 is 11.9 Å². The summed E-state index contributed by atoms with van der Waals surface area (Å²) in [5.41, 5.74) is -0.734. The second-order valence-corrected chi connectivity index (χ2v) is 4.82. The van der Waals surface area contributed by atoms with Crippen LogP contribution in [0.1, 0.15) is 20.3 Å². The number of imide groups is 1. The molecule has 86 valence electrons. The Kier molecular flexibility index (Phi) is 3.34. The molecule has 0 saturated carbocycles. The first-order valence-corrected chi connectivity index (χ1v) is 5.28. The highest BCUT2D eigenvalue weighted by Crippen LogP contribution is 2.16. The summed E-state index contributed by atoms with van der Waals surface area (Å²) in [7, 11) is 4.10. The van der Waals surface area contributed by atoms with E-state index in [0.717, 1.165) is 13.0 Å². The van der Waals surface area contributed by atoms with Crippen molar-refractivity contribution in [3.63, 3.8) is 0 Å². The minimum Gasteiger partial charge on any atom is -0.340 e. The maximum Gasteiger partial charge on any atom is 0.325 e. The van der Waals surface area contributed by atoms with E-state index in [2.05, 4.69) is 19.4 Å². The molecule has 15 heavy (non-hydrogen) atoms. The van der Waals surface area contributed by atoms with Crippen molar-refractivity contribution in [2.75, 3.05) is 27.2 Å². The molecule has 0 unspecified atom stereocenters. The number of urea groups is 1. The predicted octanol–water partition coefficient (Wildman–Crippen LogP) is -1.15. The van der Waals surface area contributed by atoms with Crippen LogP contribution in [0.3, 0.4) is 0 Å². The van der Waals surface area contributed by atoms with Gasteiger partial charge in [-0.2, -0.15) is 0 Å². The number of nitrogens with zero attached hydrogens (tertiary/aromatic N) is 1. The van der Waals surface area contributed by atoms with Crippen LogP contribution in [0.15, 0.2) is 0 Å². The Labute approximate surface area is 90.4 Å². The maximum absolute atomic E-state index is 11.7. The van der Waals surface area contributed by atoms with E-state index in [4.69, 9.17) is 0 Å². The Morgan fingerprint density at radius 2 is 1.93 bits per heavy atom. The SMILES string of the molecule is C[NH+](C)CCCN1C(=O)NC(C)(C)C1=O. The largest absolute Gasteiger partial charge is 0.340 e. The number of hydrogen-bond donors (Lipinski definition) is 2. The molecule has 1 heterocycles. The molecule has 5 heteroatoms. The zero-order valence-electron chi connectivity index (χ0n) is 9.89. The van der Waals surface area contributed by atoms with Crippen LogP contribution in [0.5, 0.6) is 0 Å². The van der Waals surface area contributed by atoms with Crippen LogP contribution in [0.2, 0.25) is 0 Å². The van der Waals surface area contributed by atoms with Gasteiger partial charge in [-0.3, -0.25) is 9.69 Å². The average Bonchev–Trinajstić information content (AvgIpc) is 2.26. The second-order valence-electron chi connectivity index (χ2n) is 4.82.